The minimum Gasteiger partial charge on any atom is -0.398 e. The summed E-state index contributed by atoms with van der Waals surface area (Å²) < 4.78 is 0. The molecule has 0 radical (unpaired) electrons. The van der Waals surface area contributed by atoms with Gasteiger partial charge >= 0.3 is 0 Å². The number of nitrogens with zero attached hydrogens (tertiary/aromatic N) is 1. The van der Waals surface area contributed by atoms with E-state index < -0.39 is 0 Å². The maximum Gasteiger partial charge on any atom is 0.109 e. The van der Waals surface area contributed by atoms with Crippen LogP contribution in [-0.4, -0.2) is 9.97 Å². The van der Waals surface area contributed by atoms with E-state index in [-0.39, 0.29) is 0 Å². The van der Waals surface area contributed by atoms with Gasteiger partial charge in [-0.15, -0.1) is 0 Å². The van der Waals surface area contributed by atoms with Crippen LogP contribution in [0, 0.1) is 0 Å². The van der Waals surface area contributed by atoms with Crippen LogP contribution in [-0.2, 0) is 0 Å². The van der Waals surface area contributed by atoms with E-state index in [9.17, 15) is 0 Å². The van der Waals surface area contributed by atoms with Gasteiger partial charge in [0.25, 0.3) is 0 Å². The third kappa shape index (κ3) is 2.04. The number of nitrogen functional groups attached to an aromatic ring is 1. The highest BCUT2D eigenvalue weighted by atomic mass is 35.5. The quantitative estimate of drug-likeness (QED) is 0.784. The van der Waals surface area contributed by atoms with Gasteiger partial charge in [-0.25, -0.2) is 4.98 Å². The fourth-order valence-electron chi connectivity index (χ4n) is 1.49. The fourth-order valence-corrected chi connectivity index (χ4v) is 1.61. The molecule has 3 N–H and O–H groups in total. The Morgan fingerprint density at radius 2 is 2.12 bits per heavy atom. The maximum absolute atomic E-state index is 5.87. The van der Waals surface area contributed by atoms with Crippen LogP contribution in [0.4, 0.5) is 5.69 Å². The van der Waals surface area contributed by atoms with Crippen LogP contribution < -0.4 is 5.73 Å². The monoisotopic (exact) mass is 235 g/mol. The molecule has 0 aliphatic rings. The summed E-state index contributed by atoms with van der Waals surface area (Å²) in [4.78, 5) is 7.58. The molecule has 0 saturated carbocycles. The number of rotatable bonds is 2. The molecule has 2 rings (SSSR count). The Balaban J connectivity index is 2.39. The first-order valence-electron chi connectivity index (χ1n) is 5.18. The highest BCUT2D eigenvalue weighted by Crippen LogP contribution is 2.26. The number of H-pyrrole nitrogens is 1. The van der Waals surface area contributed by atoms with E-state index in [1.807, 2.05) is 18.3 Å². The first-order valence-corrected chi connectivity index (χ1v) is 5.56. The largest absolute Gasteiger partial charge is 0.398 e. The summed E-state index contributed by atoms with van der Waals surface area (Å²) in [7, 11) is 0. The summed E-state index contributed by atoms with van der Waals surface area (Å²) in [5.41, 5.74) is 8.31. The van der Waals surface area contributed by atoms with Crippen LogP contribution in [0.15, 0.2) is 24.4 Å². The highest BCUT2D eigenvalue weighted by molar-refractivity contribution is 6.33. The summed E-state index contributed by atoms with van der Waals surface area (Å²) in [6, 6.07) is 5.57. The molecule has 0 aliphatic heterocycles. The van der Waals surface area contributed by atoms with E-state index in [1.54, 1.807) is 6.07 Å². The molecule has 1 aromatic heterocycles. The van der Waals surface area contributed by atoms with Gasteiger partial charge in [0.2, 0.25) is 0 Å². The Labute approximate surface area is 99.7 Å². The molecule has 0 saturated heterocycles. The first kappa shape index (κ1) is 11.0. The molecular formula is C12H14ClN3. The molecule has 0 unspecified atom stereocenters. The number of hydrogen-bond acceptors (Lipinski definition) is 2. The minimum absolute atomic E-state index is 0.387. The molecule has 0 amide bonds. The zero-order valence-electron chi connectivity index (χ0n) is 9.29. The summed E-state index contributed by atoms with van der Waals surface area (Å²) in [6.45, 7) is 4.19. The summed E-state index contributed by atoms with van der Waals surface area (Å²) in [6.07, 6.45) is 1.82. The number of anilines is 1. The number of nitrogens with one attached hydrogen (secondary N) is 1. The van der Waals surface area contributed by atoms with Gasteiger partial charge in [0.1, 0.15) is 5.82 Å². The summed E-state index contributed by atoms with van der Waals surface area (Å²) in [5, 5.41) is 0.576. The van der Waals surface area contributed by atoms with Crippen LogP contribution in [0.3, 0.4) is 0 Å². The number of aromatic amines is 1. The van der Waals surface area contributed by atoms with Gasteiger partial charge in [-0.3, -0.25) is 0 Å². The molecule has 0 bridgehead atoms. The van der Waals surface area contributed by atoms with Crippen molar-refractivity contribution in [3.05, 3.63) is 35.2 Å². The van der Waals surface area contributed by atoms with Gasteiger partial charge in [-0.05, 0) is 12.1 Å². The predicted molar refractivity (Wildman–Crippen MR) is 67.5 cm³/mol. The summed E-state index contributed by atoms with van der Waals surface area (Å²) in [5.74, 6) is 1.36. The Bertz CT molecular complexity index is 503. The molecule has 2 aromatic rings. The molecule has 0 spiro atoms. The predicted octanol–water partition coefficient (Wildman–Crippen LogP) is 3.44. The first-order chi connectivity index (χ1) is 7.58. The lowest BCUT2D eigenvalue weighted by Crippen LogP contribution is -1.90. The smallest absolute Gasteiger partial charge is 0.109 e. The second-order valence-corrected chi connectivity index (χ2v) is 4.48. The third-order valence-electron chi connectivity index (χ3n) is 2.45. The van der Waals surface area contributed by atoms with Crippen molar-refractivity contribution in [3.63, 3.8) is 0 Å². The molecule has 0 atom stereocenters. The lowest BCUT2D eigenvalue weighted by Gasteiger charge is -2.02. The maximum atomic E-state index is 5.87. The Morgan fingerprint density at radius 1 is 1.38 bits per heavy atom. The molecule has 4 heteroatoms. The Morgan fingerprint density at radius 3 is 2.69 bits per heavy atom. The van der Waals surface area contributed by atoms with Crippen LogP contribution in [0.25, 0.3) is 11.3 Å². The fraction of sp³-hybridized carbons (Fsp3) is 0.250. The zero-order chi connectivity index (χ0) is 11.7. The molecule has 0 fully saturated rings. The standard InChI is InChI=1S/C12H14ClN3/c1-7(2)12-15-6-11(16-12)8-3-4-9(13)10(14)5-8/h3-7H,14H2,1-2H3,(H,15,16). The lowest BCUT2D eigenvalue weighted by molar-refractivity contribution is 0.795. The molecule has 0 aliphatic carbocycles. The number of benzene rings is 1. The molecular weight excluding hydrogens is 222 g/mol. The van der Waals surface area contributed by atoms with Gasteiger partial charge in [0, 0.05) is 11.5 Å². The van der Waals surface area contributed by atoms with E-state index in [0.29, 0.717) is 16.6 Å². The lowest BCUT2D eigenvalue weighted by atomic mass is 10.1. The van der Waals surface area contributed by atoms with Crippen molar-refractivity contribution in [2.24, 2.45) is 0 Å². The van der Waals surface area contributed by atoms with Crippen molar-refractivity contribution in [2.75, 3.05) is 5.73 Å². The van der Waals surface area contributed by atoms with Gasteiger partial charge < -0.3 is 10.7 Å². The number of imidazole rings is 1. The van der Waals surface area contributed by atoms with E-state index >= 15 is 0 Å². The average Bonchev–Trinajstić information content (AvgIpc) is 2.71. The molecule has 16 heavy (non-hydrogen) atoms. The highest BCUT2D eigenvalue weighted by Gasteiger charge is 2.07. The average molecular weight is 236 g/mol. The van der Waals surface area contributed by atoms with Crippen molar-refractivity contribution < 1.29 is 0 Å². The SMILES string of the molecule is CC(C)c1ncc(-c2ccc(Cl)c(N)c2)[nH]1. The van der Waals surface area contributed by atoms with Gasteiger partial charge in [-0.2, -0.15) is 0 Å². The van der Waals surface area contributed by atoms with E-state index in [4.69, 9.17) is 17.3 Å². The van der Waals surface area contributed by atoms with Crippen LogP contribution in [0.2, 0.25) is 5.02 Å². The molecule has 1 aromatic carbocycles. The zero-order valence-corrected chi connectivity index (χ0v) is 10.0. The minimum atomic E-state index is 0.387. The van der Waals surface area contributed by atoms with E-state index in [0.717, 1.165) is 17.1 Å². The number of aromatic nitrogens is 2. The second-order valence-electron chi connectivity index (χ2n) is 4.07. The van der Waals surface area contributed by atoms with Crippen molar-refractivity contribution in [3.8, 4) is 11.3 Å². The van der Waals surface area contributed by atoms with Crippen LogP contribution in [0.1, 0.15) is 25.6 Å². The van der Waals surface area contributed by atoms with E-state index in [2.05, 4.69) is 23.8 Å². The third-order valence-corrected chi connectivity index (χ3v) is 2.79. The topological polar surface area (TPSA) is 54.7 Å². The van der Waals surface area contributed by atoms with Gasteiger partial charge in [0.15, 0.2) is 0 Å². The Hall–Kier alpha value is -1.48. The Kier molecular flexibility index (Phi) is 2.88. The molecule has 84 valence electrons. The molecule has 1 heterocycles. The summed E-state index contributed by atoms with van der Waals surface area (Å²) >= 11 is 5.87. The number of nitrogens with two attached hydrogens (primary N) is 1. The van der Waals surface area contributed by atoms with Gasteiger partial charge in [0.05, 0.1) is 22.6 Å². The van der Waals surface area contributed by atoms with Crippen LogP contribution >= 0.6 is 11.6 Å². The molecule has 3 nitrogen and oxygen atoms in total. The van der Waals surface area contributed by atoms with Crippen molar-refractivity contribution in [1.29, 1.82) is 0 Å². The normalized spacial score (nSPS) is 11.0. The number of hydrogen-bond donors (Lipinski definition) is 2. The second kappa shape index (κ2) is 4.18. The van der Waals surface area contributed by atoms with E-state index in [1.165, 1.54) is 0 Å². The van der Waals surface area contributed by atoms with Crippen molar-refractivity contribution in [1.82, 2.24) is 9.97 Å². The van der Waals surface area contributed by atoms with Crippen molar-refractivity contribution >= 4 is 17.3 Å². The van der Waals surface area contributed by atoms with Gasteiger partial charge in [-0.1, -0.05) is 31.5 Å². The van der Waals surface area contributed by atoms with Crippen molar-refractivity contribution in [2.45, 2.75) is 19.8 Å². The van der Waals surface area contributed by atoms with Crippen LogP contribution in [0.5, 0.6) is 0 Å². The number of halogens is 1.